The predicted molar refractivity (Wildman–Crippen MR) is 75.6 cm³/mol. The third-order valence-electron chi connectivity index (χ3n) is 3.08. The summed E-state index contributed by atoms with van der Waals surface area (Å²) in [5, 5.41) is 21.6. The molecule has 2 aromatic carbocycles. The minimum absolute atomic E-state index is 0.00806. The van der Waals surface area contributed by atoms with E-state index >= 15 is 0 Å². The Labute approximate surface area is 113 Å². The number of aliphatic hydroxyl groups is 1. The summed E-state index contributed by atoms with van der Waals surface area (Å²) in [5.74, 6) is 0. The molecule has 0 amide bonds. The fourth-order valence-corrected chi connectivity index (χ4v) is 1.99. The Morgan fingerprint density at radius 1 is 1.21 bits per heavy atom. The number of nitrogens with zero attached hydrogens (tertiary/aromatic N) is 1. The molecule has 96 valence electrons. The van der Waals surface area contributed by atoms with Crippen LogP contribution in [0.3, 0.4) is 0 Å². The Morgan fingerprint density at radius 3 is 2.74 bits per heavy atom. The lowest BCUT2D eigenvalue weighted by Crippen LogP contribution is -2.08. The summed E-state index contributed by atoms with van der Waals surface area (Å²) >= 11 is 0. The number of hydrogen-bond acceptors (Lipinski definition) is 3. The van der Waals surface area contributed by atoms with Crippen LogP contribution in [0.4, 0.5) is 5.69 Å². The van der Waals surface area contributed by atoms with Crippen LogP contribution in [0.5, 0.6) is 0 Å². The fraction of sp³-hybridized carbons (Fsp3) is 0.188. The molecule has 2 rings (SSSR count). The van der Waals surface area contributed by atoms with Crippen molar-refractivity contribution in [1.29, 1.82) is 5.26 Å². The summed E-state index contributed by atoms with van der Waals surface area (Å²) in [6, 6.07) is 17.4. The second-order valence-electron chi connectivity index (χ2n) is 4.42. The van der Waals surface area contributed by atoms with Gasteiger partial charge in [0.1, 0.15) is 0 Å². The molecule has 0 saturated heterocycles. The van der Waals surface area contributed by atoms with Crippen molar-refractivity contribution in [3.8, 4) is 6.07 Å². The van der Waals surface area contributed by atoms with Gasteiger partial charge in [0.05, 0.1) is 18.2 Å². The van der Waals surface area contributed by atoms with Gasteiger partial charge in [0, 0.05) is 17.3 Å². The van der Waals surface area contributed by atoms with E-state index in [1.807, 2.05) is 49.4 Å². The second-order valence-corrected chi connectivity index (χ2v) is 4.42. The topological polar surface area (TPSA) is 56.0 Å². The zero-order valence-corrected chi connectivity index (χ0v) is 10.8. The maximum absolute atomic E-state index is 9.30. The Bertz CT molecular complexity index is 602. The van der Waals surface area contributed by atoms with Crippen LogP contribution in [0, 0.1) is 11.3 Å². The molecular weight excluding hydrogens is 236 g/mol. The third-order valence-corrected chi connectivity index (χ3v) is 3.08. The minimum Gasteiger partial charge on any atom is -0.392 e. The summed E-state index contributed by atoms with van der Waals surface area (Å²) in [6.45, 7) is 2.04. The predicted octanol–water partition coefficient (Wildman–Crippen LogP) is 3.22. The van der Waals surface area contributed by atoms with Crippen molar-refractivity contribution in [2.45, 2.75) is 19.6 Å². The first-order valence-corrected chi connectivity index (χ1v) is 6.20. The van der Waals surface area contributed by atoms with E-state index in [0.29, 0.717) is 5.56 Å². The van der Waals surface area contributed by atoms with E-state index in [2.05, 4.69) is 11.4 Å². The number of rotatable bonds is 4. The summed E-state index contributed by atoms with van der Waals surface area (Å²) in [4.78, 5) is 0. The smallest absolute Gasteiger partial charge is 0.0991 e. The molecule has 3 heteroatoms. The zero-order valence-electron chi connectivity index (χ0n) is 10.8. The molecular formula is C16H16N2O. The van der Waals surface area contributed by atoms with E-state index in [4.69, 9.17) is 5.26 Å². The second kappa shape index (κ2) is 6.03. The van der Waals surface area contributed by atoms with Crippen molar-refractivity contribution < 1.29 is 5.11 Å². The quantitative estimate of drug-likeness (QED) is 0.878. The van der Waals surface area contributed by atoms with Crippen LogP contribution in [0.25, 0.3) is 0 Å². The molecule has 2 N–H and O–H groups in total. The van der Waals surface area contributed by atoms with Gasteiger partial charge in [-0.3, -0.25) is 0 Å². The first kappa shape index (κ1) is 13.1. The molecule has 0 saturated carbocycles. The maximum atomic E-state index is 9.30. The van der Waals surface area contributed by atoms with E-state index in [1.54, 1.807) is 6.07 Å². The summed E-state index contributed by atoms with van der Waals surface area (Å²) < 4.78 is 0. The lowest BCUT2D eigenvalue weighted by Gasteiger charge is -2.18. The van der Waals surface area contributed by atoms with Gasteiger partial charge in [0.15, 0.2) is 0 Å². The number of nitrogens with one attached hydrogen (secondary N) is 1. The van der Waals surface area contributed by atoms with Gasteiger partial charge in [-0.25, -0.2) is 0 Å². The Kier molecular flexibility index (Phi) is 4.17. The van der Waals surface area contributed by atoms with Gasteiger partial charge < -0.3 is 10.4 Å². The molecule has 0 aliphatic carbocycles. The molecule has 0 aromatic heterocycles. The van der Waals surface area contributed by atoms with Crippen molar-refractivity contribution in [2.75, 3.05) is 5.32 Å². The number of nitriles is 1. The highest BCUT2D eigenvalue weighted by Gasteiger charge is 2.08. The minimum atomic E-state index is 0.00806. The highest BCUT2D eigenvalue weighted by atomic mass is 16.3. The highest BCUT2D eigenvalue weighted by Crippen LogP contribution is 2.22. The van der Waals surface area contributed by atoms with Gasteiger partial charge in [0.25, 0.3) is 0 Å². The van der Waals surface area contributed by atoms with Crippen molar-refractivity contribution in [3.05, 3.63) is 65.2 Å². The van der Waals surface area contributed by atoms with Crippen molar-refractivity contribution >= 4 is 5.69 Å². The van der Waals surface area contributed by atoms with Crippen LogP contribution < -0.4 is 5.32 Å². The molecule has 0 heterocycles. The number of aliphatic hydroxyl groups excluding tert-OH is 1. The SMILES string of the molecule is CC(Nc1ccccc1CO)c1cccc(C#N)c1. The summed E-state index contributed by atoms with van der Waals surface area (Å²) in [5.41, 5.74) is 3.49. The van der Waals surface area contributed by atoms with Gasteiger partial charge in [-0.1, -0.05) is 30.3 Å². The average molecular weight is 252 g/mol. The number of benzene rings is 2. The lowest BCUT2D eigenvalue weighted by atomic mass is 10.0. The fourth-order valence-electron chi connectivity index (χ4n) is 1.99. The first-order valence-electron chi connectivity index (χ1n) is 6.20. The van der Waals surface area contributed by atoms with Crippen LogP contribution >= 0.6 is 0 Å². The molecule has 3 nitrogen and oxygen atoms in total. The number of para-hydroxylation sites is 1. The molecule has 0 radical (unpaired) electrons. The highest BCUT2D eigenvalue weighted by molar-refractivity contribution is 5.52. The maximum Gasteiger partial charge on any atom is 0.0991 e. The van der Waals surface area contributed by atoms with Crippen molar-refractivity contribution in [1.82, 2.24) is 0 Å². The van der Waals surface area contributed by atoms with Crippen molar-refractivity contribution in [3.63, 3.8) is 0 Å². The molecule has 1 atom stereocenters. The standard InChI is InChI=1S/C16H16N2O/c1-12(14-7-4-5-13(9-14)10-17)18-16-8-3-2-6-15(16)11-19/h2-9,12,18-19H,11H2,1H3. The Hall–Kier alpha value is -2.31. The molecule has 0 spiro atoms. The van der Waals surface area contributed by atoms with Crippen molar-refractivity contribution in [2.24, 2.45) is 0 Å². The van der Waals surface area contributed by atoms with Crippen LogP contribution in [-0.2, 0) is 6.61 Å². The molecule has 0 fully saturated rings. The zero-order chi connectivity index (χ0) is 13.7. The molecule has 1 unspecified atom stereocenters. The Morgan fingerprint density at radius 2 is 2.00 bits per heavy atom. The van der Waals surface area contributed by atoms with E-state index in [-0.39, 0.29) is 12.6 Å². The average Bonchev–Trinajstić information content (AvgIpc) is 2.47. The van der Waals surface area contributed by atoms with E-state index < -0.39 is 0 Å². The molecule has 0 aliphatic heterocycles. The van der Waals surface area contributed by atoms with E-state index in [1.165, 1.54) is 0 Å². The van der Waals surface area contributed by atoms with Crippen LogP contribution in [-0.4, -0.2) is 5.11 Å². The Balaban J connectivity index is 2.21. The van der Waals surface area contributed by atoms with Crippen LogP contribution in [0.15, 0.2) is 48.5 Å². The molecule has 2 aromatic rings. The summed E-state index contributed by atoms with van der Waals surface area (Å²) in [7, 11) is 0. The van der Waals surface area contributed by atoms with Gasteiger partial charge in [-0.2, -0.15) is 5.26 Å². The number of hydrogen-bond donors (Lipinski definition) is 2. The van der Waals surface area contributed by atoms with E-state index in [9.17, 15) is 5.11 Å². The number of anilines is 1. The normalized spacial score (nSPS) is 11.6. The third kappa shape index (κ3) is 3.12. The van der Waals surface area contributed by atoms with Gasteiger partial charge in [-0.15, -0.1) is 0 Å². The van der Waals surface area contributed by atoms with Gasteiger partial charge >= 0.3 is 0 Å². The van der Waals surface area contributed by atoms with Crippen LogP contribution in [0.1, 0.15) is 29.7 Å². The van der Waals surface area contributed by atoms with Crippen LogP contribution in [0.2, 0.25) is 0 Å². The van der Waals surface area contributed by atoms with E-state index in [0.717, 1.165) is 16.8 Å². The lowest BCUT2D eigenvalue weighted by molar-refractivity contribution is 0.282. The first-order chi connectivity index (χ1) is 9.24. The molecule has 0 aliphatic rings. The summed E-state index contributed by atoms with van der Waals surface area (Å²) in [6.07, 6.45) is 0. The monoisotopic (exact) mass is 252 g/mol. The van der Waals surface area contributed by atoms with Gasteiger partial charge in [-0.05, 0) is 30.7 Å². The van der Waals surface area contributed by atoms with Gasteiger partial charge in [0.2, 0.25) is 0 Å². The largest absolute Gasteiger partial charge is 0.392 e. The molecule has 19 heavy (non-hydrogen) atoms. The molecule has 0 bridgehead atoms.